The van der Waals surface area contributed by atoms with Gasteiger partial charge in [0.15, 0.2) is 5.96 Å². The van der Waals surface area contributed by atoms with Crippen LogP contribution in [0.25, 0.3) is 0 Å². The number of nitrogens with one attached hydrogen (secondary N) is 2. The van der Waals surface area contributed by atoms with Crippen LogP contribution in [-0.4, -0.2) is 47.3 Å². The van der Waals surface area contributed by atoms with Gasteiger partial charge in [0.1, 0.15) is 6.54 Å². The number of anilines is 1. The number of para-hydroxylation sites is 1. The molecule has 30 heavy (non-hydrogen) atoms. The Balaban J connectivity index is 0.00000320. The minimum atomic E-state index is 0. The Bertz CT molecular complexity index is 907. The normalized spacial score (nSPS) is 14.2. The summed E-state index contributed by atoms with van der Waals surface area (Å²) in [4.78, 5) is 19.1. The Morgan fingerprint density at radius 1 is 1.30 bits per heavy atom. The van der Waals surface area contributed by atoms with Crippen molar-refractivity contribution < 1.29 is 4.79 Å². The van der Waals surface area contributed by atoms with Crippen LogP contribution in [0.4, 0.5) is 5.69 Å². The van der Waals surface area contributed by atoms with E-state index in [1.807, 2.05) is 48.7 Å². The minimum Gasteiger partial charge on any atom is -0.357 e. The largest absolute Gasteiger partial charge is 0.357 e. The summed E-state index contributed by atoms with van der Waals surface area (Å²) in [7, 11) is 1.97. The second-order valence-corrected chi connectivity index (χ2v) is 7.64. The van der Waals surface area contributed by atoms with E-state index >= 15 is 0 Å². The average Bonchev–Trinajstić information content (AvgIpc) is 3.22. The lowest BCUT2D eigenvalue weighted by Gasteiger charge is -2.19. The molecule has 8 heteroatoms. The zero-order valence-corrected chi connectivity index (χ0v) is 20.9. The van der Waals surface area contributed by atoms with E-state index in [9.17, 15) is 4.79 Å². The van der Waals surface area contributed by atoms with Gasteiger partial charge in [0.2, 0.25) is 5.91 Å². The first-order chi connectivity index (χ1) is 13.9. The highest BCUT2D eigenvalue weighted by molar-refractivity contribution is 14.0. The minimum absolute atomic E-state index is 0. The fourth-order valence-corrected chi connectivity index (χ4v) is 3.85. The molecule has 1 aromatic heterocycles. The number of guanidine groups is 1. The van der Waals surface area contributed by atoms with E-state index in [1.165, 1.54) is 16.8 Å². The third-order valence-electron chi connectivity index (χ3n) is 5.46. The van der Waals surface area contributed by atoms with Gasteiger partial charge in [0, 0.05) is 37.6 Å². The lowest BCUT2D eigenvalue weighted by molar-refractivity contribution is -0.117. The fraction of sp³-hybridized carbons (Fsp3) is 0.500. The summed E-state index contributed by atoms with van der Waals surface area (Å²) in [5.74, 6) is 0.693. The Hall–Kier alpha value is -2.10. The quantitative estimate of drug-likeness (QED) is 0.347. The summed E-state index contributed by atoms with van der Waals surface area (Å²) < 4.78 is 1.92. The van der Waals surface area contributed by atoms with Gasteiger partial charge in [-0.05, 0) is 57.7 Å². The topological polar surface area (TPSA) is 74.6 Å². The number of aryl methyl sites for hydroxylation is 2. The van der Waals surface area contributed by atoms with E-state index in [2.05, 4.69) is 40.6 Å². The van der Waals surface area contributed by atoms with Gasteiger partial charge in [-0.2, -0.15) is 5.10 Å². The number of amides is 1. The van der Waals surface area contributed by atoms with Crippen molar-refractivity contribution >= 4 is 41.5 Å². The monoisotopic (exact) mass is 524 g/mol. The third-order valence-corrected chi connectivity index (χ3v) is 5.46. The summed E-state index contributed by atoms with van der Waals surface area (Å²) in [6.07, 6.45) is 1.76. The van der Waals surface area contributed by atoms with Gasteiger partial charge in [-0.15, -0.1) is 24.0 Å². The van der Waals surface area contributed by atoms with Crippen LogP contribution < -0.4 is 15.5 Å². The Labute approximate surface area is 196 Å². The van der Waals surface area contributed by atoms with Crippen LogP contribution in [-0.2, 0) is 24.7 Å². The fourth-order valence-electron chi connectivity index (χ4n) is 3.85. The maximum atomic E-state index is 12.7. The number of hydrogen-bond acceptors (Lipinski definition) is 3. The summed E-state index contributed by atoms with van der Waals surface area (Å²) in [6.45, 7) is 9.88. The van der Waals surface area contributed by atoms with Crippen molar-refractivity contribution in [2.75, 3.05) is 24.5 Å². The predicted octanol–water partition coefficient (Wildman–Crippen LogP) is 2.73. The summed E-state index contributed by atoms with van der Waals surface area (Å²) in [5, 5.41) is 11.2. The van der Waals surface area contributed by atoms with Crippen LogP contribution in [0.2, 0.25) is 0 Å². The van der Waals surface area contributed by atoms with Crippen molar-refractivity contribution in [2.24, 2.45) is 12.0 Å². The molecule has 1 amide bonds. The second-order valence-electron chi connectivity index (χ2n) is 7.64. The third kappa shape index (κ3) is 5.53. The summed E-state index contributed by atoms with van der Waals surface area (Å²) >= 11 is 0. The molecule has 1 aliphatic heterocycles. The van der Waals surface area contributed by atoms with Gasteiger partial charge in [-0.3, -0.25) is 9.48 Å². The van der Waals surface area contributed by atoms with E-state index in [4.69, 9.17) is 0 Å². The molecule has 0 bridgehead atoms. The van der Waals surface area contributed by atoms with E-state index in [0.29, 0.717) is 5.96 Å². The van der Waals surface area contributed by atoms with Crippen molar-refractivity contribution in [1.82, 2.24) is 20.4 Å². The van der Waals surface area contributed by atoms with Crippen LogP contribution >= 0.6 is 24.0 Å². The lowest BCUT2D eigenvalue weighted by Crippen LogP contribution is -2.44. The molecule has 1 atom stereocenters. The second kappa shape index (κ2) is 10.8. The molecule has 7 nitrogen and oxygen atoms in total. The van der Waals surface area contributed by atoms with E-state index in [1.54, 1.807) is 0 Å². The van der Waals surface area contributed by atoms with E-state index in [-0.39, 0.29) is 42.5 Å². The number of hydrogen-bond donors (Lipinski definition) is 2. The highest BCUT2D eigenvalue weighted by Gasteiger charge is 2.23. The number of carbonyl (C=O) groups is 1. The van der Waals surface area contributed by atoms with Crippen molar-refractivity contribution in [3.05, 3.63) is 46.8 Å². The molecule has 0 radical (unpaired) electrons. The molecule has 0 spiro atoms. The number of carbonyl (C=O) groups excluding carboxylic acids is 1. The van der Waals surface area contributed by atoms with Gasteiger partial charge in [-0.1, -0.05) is 18.2 Å². The van der Waals surface area contributed by atoms with Gasteiger partial charge in [0.25, 0.3) is 0 Å². The molecule has 0 aliphatic carbocycles. The van der Waals surface area contributed by atoms with Crippen LogP contribution in [0.3, 0.4) is 0 Å². The first kappa shape index (κ1) is 24.2. The number of aliphatic imine (C=N–C) groups is 1. The maximum absolute atomic E-state index is 12.7. The molecule has 1 aromatic carbocycles. The average molecular weight is 524 g/mol. The molecule has 3 rings (SSSR count). The molecule has 2 aromatic rings. The van der Waals surface area contributed by atoms with Crippen LogP contribution in [0.5, 0.6) is 0 Å². The number of halogens is 1. The molecular formula is C22H33IN6O. The van der Waals surface area contributed by atoms with Crippen molar-refractivity contribution in [3.8, 4) is 0 Å². The van der Waals surface area contributed by atoms with Crippen LogP contribution in [0.1, 0.15) is 36.4 Å². The van der Waals surface area contributed by atoms with Crippen molar-refractivity contribution in [1.29, 1.82) is 0 Å². The predicted molar refractivity (Wildman–Crippen MR) is 133 cm³/mol. The summed E-state index contributed by atoms with van der Waals surface area (Å²) in [6, 6.07) is 8.25. The van der Waals surface area contributed by atoms with E-state index < -0.39 is 0 Å². The number of fused-ring (bicyclic) bond motifs is 1. The first-order valence-electron chi connectivity index (χ1n) is 10.3. The number of benzene rings is 1. The Kier molecular flexibility index (Phi) is 8.69. The van der Waals surface area contributed by atoms with Crippen LogP contribution in [0, 0.1) is 13.8 Å². The van der Waals surface area contributed by atoms with Crippen LogP contribution in [0.15, 0.2) is 29.3 Å². The molecule has 0 fully saturated rings. The highest BCUT2D eigenvalue weighted by Crippen LogP contribution is 2.27. The molecule has 2 heterocycles. The standard InChI is InChI=1S/C22H32N6O.HI/c1-6-23-22(25-15(2)13-19-16(3)26-27(5)17(19)4)24-14-21(29)28-12-11-18-9-7-8-10-20(18)28;/h7-10,15H,6,11-14H2,1-5H3,(H2,23,24,25);1H. The van der Waals surface area contributed by atoms with Crippen molar-refractivity contribution in [3.63, 3.8) is 0 Å². The molecule has 2 N–H and O–H groups in total. The van der Waals surface area contributed by atoms with Gasteiger partial charge >= 0.3 is 0 Å². The smallest absolute Gasteiger partial charge is 0.248 e. The number of rotatable bonds is 6. The summed E-state index contributed by atoms with van der Waals surface area (Å²) in [5.41, 5.74) is 5.74. The number of nitrogens with zero attached hydrogens (tertiary/aromatic N) is 4. The lowest BCUT2D eigenvalue weighted by atomic mass is 10.1. The van der Waals surface area contributed by atoms with Gasteiger partial charge in [0.05, 0.1) is 5.69 Å². The highest BCUT2D eigenvalue weighted by atomic mass is 127. The molecule has 164 valence electrons. The Morgan fingerprint density at radius 2 is 2.03 bits per heavy atom. The number of aromatic nitrogens is 2. The van der Waals surface area contributed by atoms with E-state index in [0.717, 1.165) is 37.3 Å². The molecule has 0 saturated heterocycles. The molecular weight excluding hydrogens is 491 g/mol. The maximum Gasteiger partial charge on any atom is 0.248 e. The van der Waals surface area contributed by atoms with Crippen molar-refractivity contribution in [2.45, 2.75) is 46.6 Å². The SMILES string of the molecule is CCNC(=NCC(=O)N1CCc2ccccc21)NC(C)Cc1c(C)nn(C)c1C.I. The molecule has 0 saturated carbocycles. The van der Waals surface area contributed by atoms with Gasteiger partial charge < -0.3 is 15.5 Å². The zero-order valence-electron chi connectivity index (χ0n) is 18.5. The Morgan fingerprint density at radius 3 is 2.70 bits per heavy atom. The molecule has 1 unspecified atom stereocenters. The zero-order chi connectivity index (χ0) is 21.0. The molecule has 1 aliphatic rings. The first-order valence-corrected chi connectivity index (χ1v) is 10.3. The van der Waals surface area contributed by atoms with Gasteiger partial charge in [-0.25, -0.2) is 4.99 Å².